The molecule has 1 heterocycles. The van der Waals surface area contributed by atoms with Crippen LogP contribution in [0.25, 0.3) is 0 Å². The van der Waals surface area contributed by atoms with Gasteiger partial charge in [0, 0.05) is 0 Å². The third-order valence-electron chi connectivity index (χ3n) is 2.50. The Morgan fingerprint density at radius 2 is 2.12 bits per heavy atom. The highest BCUT2D eigenvalue weighted by atomic mass is 32.1. The first kappa shape index (κ1) is 11.8. The monoisotopic (exact) mass is 246 g/mol. The molecule has 4 heteroatoms. The molecule has 88 valence electrons. The van der Waals surface area contributed by atoms with E-state index in [1.165, 1.54) is 11.5 Å². The molecule has 1 amide bonds. The molecule has 0 aliphatic rings. The minimum atomic E-state index is 0.00273. The Morgan fingerprint density at radius 1 is 1.35 bits per heavy atom. The van der Waals surface area contributed by atoms with Crippen LogP contribution in [0, 0.1) is 13.8 Å². The highest BCUT2D eigenvalue weighted by Gasteiger charge is 2.07. The molecule has 0 aliphatic heterocycles. The van der Waals surface area contributed by atoms with E-state index in [1.54, 1.807) is 0 Å². The molecule has 2 rings (SSSR count). The molecular formula is C13H14N2OS. The van der Waals surface area contributed by atoms with E-state index in [-0.39, 0.29) is 5.91 Å². The molecule has 17 heavy (non-hydrogen) atoms. The number of benzene rings is 1. The molecule has 3 nitrogen and oxygen atoms in total. The van der Waals surface area contributed by atoms with Crippen LogP contribution in [0.2, 0.25) is 0 Å². The third kappa shape index (κ3) is 3.14. The number of hydrogen-bond donors (Lipinski definition) is 1. The average molecular weight is 246 g/mol. The number of nitrogens with zero attached hydrogens (tertiary/aromatic N) is 1. The summed E-state index contributed by atoms with van der Waals surface area (Å²) in [5.41, 5.74) is 3.13. The lowest BCUT2D eigenvalue weighted by molar-refractivity contribution is -0.115. The molecule has 0 spiro atoms. The molecule has 0 unspecified atom stereocenters. The van der Waals surface area contributed by atoms with Gasteiger partial charge in [0.1, 0.15) is 5.00 Å². The predicted molar refractivity (Wildman–Crippen MR) is 70.4 cm³/mol. The lowest BCUT2D eigenvalue weighted by Crippen LogP contribution is -2.14. The van der Waals surface area contributed by atoms with Gasteiger partial charge in [-0.15, -0.1) is 0 Å². The Kier molecular flexibility index (Phi) is 3.54. The predicted octanol–water partition coefficient (Wildman–Crippen LogP) is 2.94. The minimum absolute atomic E-state index is 0.00273. The largest absolute Gasteiger partial charge is 0.316 e. The van der Waals surface area contributed by atoms with Gasteiger partial charge in [0.2, 0.25) is 5.91 Å². The van der Waals surface area contributed by atoms with Crippen molar-refractivity contribution < 1.29 is 4.79 Å². The van der Waals surface area contributed by atoms with Crippen molar-refractivity contribution in [3.63, 3.8) is 0 Å². The Labute approximate surface area is 105 Å². The number of nitrogens with one attached hydrogen (secondary N) is 1. The number of amides is 1. The lowest BCUT2D eigenvalue weighted by atomic mass is 10.1. The maximum absolute atomic E-state index is 11.8. The van der Waals surface area contributed by atoms with Crippen molar-refractivity contribution in [2.24, 2.45) is 0 Å². The smallest absolute Gasteiger partial charge is 0.229 e. The van der Waals surface area contributed by atoms with Crippen molar-refractivity contribution in [3.8, 4) is 0 Å². The van der Waals surface area contributed by atoms with Gasteiger partial charge in [-0.2, -0.15) is 4.37 Å². The van der Waals surface area contributed by atoms with Crippen molar-refractivity contribution in [1.29, 1.82) is 0 Å². The number of aryl methyl sites for hydroxylation is 2. The Hall–Kier alpha value is -1.68. The van der Waals surface area contributed by atoms with Crippen molar-refractivity contribution in [2.75, 3.05) is 5.32 Å². The molecule has 1 N–H and O–H groups in total. The summed E-state index contributed by atoms with van der Waals surface area (Å²) in [6, 6.07) is 9.79. The summed E-state index contributed by atoms with van der Waals surface area (Å²) in [6.45, 7) is 3.92. The number of rotatable bonds is 3. The van der Waals surface area contributed by atoms with Crippen molar-refractivity contribution in [1.82, 2.24) is 4.37 Å². The van der Waals surface area contributed by atoms with E-state index in [0.29, 0.717) is 6.42 Å². The topological polar surface area (TPSA) is 42.0 Å². The molecule has 2 aromatic rings. The van der Waals surface area contributed by atoms with E-state index in [0.717, 1.165) is 21.8 Å². The number of aromatic nitrogens is 1. The zero-order valence-electron chi connectivity index (χ0n) is 9.86. The van der Waals surface area contributed by atoms with Gasteiger partial charge in [-0.1, -0.05) is 24.3 Å². The second-order valence-electron chi connectivity index (χ2n) is 3.98. The SMILES string of the molecule is Cc1cc(NC(=O)Cc2ccccc2C)sn1. The van der Waals surface area contributed by atoms with Crippen LogP contribution in [0.4, 0.5) is 5.00 Å². The molecule has 0 fully saturated rings. The summed E-state index contributed by atoms with van der Waals surface area (Å²) in [7, 11) is 0. The van der Waals surface area contributed by atoms with E-state index in [4.69, 9.17) is 0 Å². The highest BCUT2D eigenvalue weighted by Crippen LogP contribution is 2.16. The quantitative estimate of drug-likeness (QED) is 0.904. The van der Waals surface area contributed by atoms with Crippen LogP contribution in [0.5, 0.6) is 0 Å². The number of carbonyl (C=O) groups is 1. The van der Waals surface area contributed by atoms with Crippen LogP contribution >= 0.6 is 11.5 Å². The molecule has 0 bridgehead atoms. The van der Waals surface area contributed by atoms with Gasteiger partial charge in [-0.05, 0) is 42.6 Å². The molecule has 0 saturated carbocycles. The molecule has 0 atom stereocenters. The maximum atomic E-state index is 11.8. The van der Waals surface area contributed by atoms with Crippen LogP contribution in [0.15, 0.2) is 30.3 Å². The van der Waals surface area contributed by atoms with Crippen LogP contribution in [-0.2, 0) is 11.2 Å². The molecule has 0 saturated heterocycles. The fourth-order valence-electron chi connectivity index (χ4n) is 1.59. The molecular weight excluding hydrogens is 232 g/mol. The van der Waals surface area contributed by atoms with Crippen molar-refractivity contribution in [3.05, 3.63) is 47.2 Å². The first-order valence-electron chi connectivity index (χ1n) is 5.43. The van der Waals surface area contributed by atoms with Crippen LogP contribution in [0.3, 0.4) is 0 Å². The van der Waals surface area contributed by atoms with E-state index >= 15 is 0 Å². The van der Waals surface area contributed by atoms with Gasteiger partial charge in [0.25, 0.3) is 0 Å². The molecule has 0 aliphatic carbocycles. The van der Waals surface area contributed by atoms with Crippen LogP contribution < -0.4 is 5.32 Å². The second-order valence-corrected chi connectivity index (χ2v) is 4.79. The summed E-state index contributed by atoms with van der Waals surface area (Å²) in [4.78, 5) is 11.8. The van der Waals surface area contributed by atoms with E-state index in [1.807, 2.05) is 44.2 Å². The maximum Gasteiger partial charge on any atom is 0.229 e. The van der Waals surface area contributed by atoms with Gasteiger partial charge in [-0.25, -0.2) is 0 Å². The van der Waals surface area contributed by atoms with Gasteiger partial charge in [0.15, 0.2) is 0 Å². The fraction of sp³-hybridized carbons (Fsp3) is 0.231. The fourth-order valence-corrected chi connectivity index (χ4v) is 2.26. The minimum Gasteiger partial charge on any atom is -0.316 e. The zero-order chi connectivity index (χ0) is 12.3. The standard InChI is InChI=1S/C13H14N2OS/c1-9-5-3-4-6-11(9)8-12(16)14-13-7-10(2)15-17-13/h3-7H,8H2,1-2H3,(H,14,16). The van der Waals surface area contributed by atoms with Gasteiger partial charge >= 0.3 is 0 Å². The van der Waals surface area contributed by atoms with E-state index in [2.05, 4.69) is 9.69 Å². The zero-order valence-corrected chi connectivity index (χ0v) is 10.7. The Bertz CT molecular complexity index is 534. The summed E-state index contributed by atoms with van der Waals surface area (Å²) in [5, 5.41) is 3.66. The molecule has 0 radical (unpaired) electrons. The normalized spacial score (nSPS) is 10.2. The lowest BCUT2D eigenvalue weighted by Gasteiger charge is -2.05. The number of anilines is 1. The Balaban J connectivity index is 2.01. The molecule has 1 aromatic heterocycles. The number of hydrogen-bond acceptors (Lipinski definition) is 3. The van der Waals surface area contributed by atoms with Crippen LogP contribution in [-0.4, -0.2) is 10.3 Å². The number of carbonyl (C=O) groups excluding carboxylic acids is 1. The first-order chi connectivity index (χ1) is 8.15. The summed E-state index contributed by atoms with van der Waals surface area (Å²) in [5.74, 6) is 0.00273. The van der Waals surface area contributed by atoms with Gasteiger partial charge < -0.3 is 5.32 Å². The highest BCUT2D eigenvalue weighted by molar-refractivity contribution is 7.10. The van der Waals surface area contributed by atoms with Crippen molar-refractivity contribution >= 4 is 22.4 Å². The summed E-state index contributed by atoms with van der Waals surface area (Å²) < 4.78 is 4.12. The molecule has 1 aromatic carbocycles. The van der Waals surface area contributed by atoms with Gasteiger partial charge in [0.05, 0.1) is 12.1 Å². The van der Waals surface area contributed by atoms with Gasteiger partial charge in [-0.3, -0.25) is 4.79 Å². The van der Waals surface area contributed by atoms with E-state index in [9.17, 15) is 4.79 Å². The summed E-state index contributed by atoms with van der Waals surface area (Å²) >= 11 is 1.31. The van der Waals surface area contributed by atoms with E-state index < -0.39 is 0 Å². The van der Waals surface area contributed by atoms with Crippen LogP contribution in [0.1, 0.15) is 16.8 Å². The Morgan fingerprint density at radius 3 is 2.76 bits per heavy atom. The average Bonchev–Trinajstić information content (AvgIpc) is 2.67. The van der Waals surface area contributed by atoms with Crippen molar-refractivity contribution in [2.45, 2.75) is 20.3 Å². The third-order valence-corrected chi connectivity index (χ3v) is 3.30. The first-order valence-corrected chi connectivity index (χ1v) is 6.20. The second kappa shape index (κ2) is 5.10. The summed E-state index contributed by atoms with van der Waals surface area (Å²) in [6.07, 6.45) is 0.406.